The summed E-state index contributed by atoms with van der Waals surface area (Å²) < 4.78 is 1.75. The van der Waals surface area contributed by atoms with Crippen molar-refractivity contribution in [3.05, 3.63) is 98.4 Å². The Morgan fingerprint density at radius 2 is 1.57 bits per heavy atom. The van der Waals surface area contributed by atoms with Gasteiger partial charge in [-0.05, 0) is 53.6 Å². The third kappa shape index (κ3) is 5.76. The van der Waals surface area contributed by atoms with Crippen LogP contribution in [0.4, 0.5) is 5.69 Å². The Bertz CT molecular complexity index is 1030. The first-order valence-corrected chi connectivity index (χ1v) is 10.7. The minimum Gasteiger partial charge on any atom is -0.322 e. The van der Waals surface area contributed by atoms with Crippen LogP contribution in [0.25, 0.3) is 0 Å². The van der Waals surface area contributed by atoms with E-state index >= 15 is 0 Å². The Kier molecular flexibility index (Phi) is 7.75. The zero-order valence-electron chi connectivity index (χ0n) is 15.9. The van der Waals surface area contributed by atoms with Crippen molar-refractivity contribution in [1.82, 2.24) is 10.7 Å². The molecule has 0 unspecified atom stereocenters. The summed E-state index contributed by atoms with van der Waals surface area (Å²) in [5.74, 6) is 4.66. The molecule has 154 valence electrons. The smallest absolute Gasteiger partial charge is 0.255 e. The fourth-order valence-corrected chi connectivity index (χ4v) is 3.62. The number of hydrogen-bond acceptors (Lipinski definition) is 4. The monoisotopic (exact) mass is 530 g/mol. The van der Waals surface area contributed by atoms with Gasteiger partial charge in [0.2, 0.25) is 5.91 Å². The molecule has 0 bridgehead atoms. The number of anilines is 1. The fourth-order valence-electron chi connectivity index (χ4n) is 2.98. The molecule has 0 fully saturated rings. The summed E-state index contributed by atoms with van der Waals surface area (Å²) in [6.07, 6.45) is 0. The molecule has 6 nitrogen and oxygen atoms in total. The lowest BCUT2D eigenvalue weighted by Crippen LogP contribution is -2.39. The van der Waals surface area contributed by atoms with E-state index in [0.29, 0.717) is 11.3 Å². The van der Waals surface area contributed by atoms with Gasteiger partial charge >= 0.3 is 0 Å². The average molecular weight is 532 g/mol. The number of benzene rings is 3. The van der Waals surface area contributed by atoms with E-state index in [4.69, 9.17) is 5.84 Å². The number of carbonyl (C=O) groups is 2. The predicted molar refractivity (Wildman–Crippen MR) is 125 cm³/mol. The molecular weight excluding hydrogens is 512 g/mol. The maximum Gasteiger partial charge on any atom is 0.255 e. The molecule has 0 aliphatic carbocycles. The van der Waals surface area contributed by atoms with E-state index in [1.807, 2.05) is 60.7 Å². The highest BCUT2D eigenvalue weighted by Crippen LogP contribution is 2.31. The van der Waals surface area contributed by atoms with Crippen molar-refractivity contribution in [1.29, 1.82) is 0 Å². The molecule has 0 aliphatic rings. The van der Waals surface area contributed by atoms with E-state index in [1.165, 1.54) is 0 Å². The molecule has 5 N–H and O–H groups in total. The van der Waals surface area contributed by atoms with E-state index in [0.717, 1.165) is 20.1 Å². The maximum atomic E-state index is 12.8. The number of carbonyl (C=O) groups excluding carboxylic acids is 2. The van der Waals surface area contributed by atoms with Gasteiger partial charge in [-0.1, -0.05) is 62.2 Å². The molecule has 0 aromatic heterocycles. The molecule has 0 saturated carbocycles. The second-order valence-electron chi connectivity index (χ2n) is 6.48. The summed E-state index contributed by atoms with van der Waals surface area (Å²) in [7, 11) is 0. The third-order valence-corrected chi connectivity index (χ3v) is 5.46. The molecule has 3 aromatic rings. The number of rotatable bonds is 7. The van der Waals surface area contributed by atoms with E-state index in [9.17, 15) is 9.59 Å². The van der Waals surface area contributed by atoms with Crippen LogP contribution in [-0.4, -0.2) is 18.4 Å². The highest BCUT2D eigenvalue weighted by atomic mass is 79.9. The summed E-state index contributed by atoms with van der Waals surface area (Å²) in [4.78, 5) is 24.5. The second kappa shape index (κ2) is 10.5. The number of halogens is 2. The van der Waals surface area contributed by atoms with Crippen LogP contribution in [-0.2, 0) is 4.79 Å². The van der Waals surface area contributed by atoms with Crippen LogP contribution >= 0.6 is 31.9 Å². The molecule has 8 heteroatoms. The van der Waals surface area contributed by atoms with Gasteiger partial charge in [-0.15, -0.1) is 0 Å². The van der Waals surface area contributed by atoms with Crippen molar-refractivity contribution in [3.8, 4) is 0 Å². The summed E-state index contributed by atoms with van der Waals surface area (Å²) in [6.45, 7) is 0.0165. The van der Waals surface area contributed by atoms with Crippen molar-refractivity contribution in [2.45, 2.75) is 6.04 Å². The van der Waals surface area contributed by atoms with E-state index < -0.39 is 0 Å². The van der Waals surface area contributed by atoms with Crippen molar-refractivity contribution in [2.24, 2.45) is 5.84 Å². The molecule has 1 atom stereocenters. The molecule has 0 radical (unpaired) electrons. The fraction of sp³-hybridized carbons (Fsp3) is 0.0909. The lowest BCUT2D eigenvalue weighted by atomic mass is 9.96. The molecule has 0 heterocycles. The van der Waals surface area contributed by atoms with Crippen LogP contribution < -0.4 is 21.9 Å². The van der Waals surface area contributed by atoms with Gasteiger partial charge in [0.15, 0.2) is 0 Å². The quantitative estimate of drug-likeness (QED) is 0.209. The lowest BCUT2D eigenvalue weighted by molar-refractivity contribution is -0.120. The zero-order valence-corrected chi connectivity index (χ0v) is 19.0. The number of nitrogens with one attached hydrogen (secondary N) is 3. The zero-order chi connectivity index (χ0) is 21.5. The molecule has 30 heavy (non-hydrogen) atoms. The Balaban J connectivity index is 1.96. The Labute approximate surface area is 191 Å². The number of amides is 2. The predicted octanol–water partition coefficient (Wildman–Crippen LogP) is 4.13. The van der Waals surface area contributed by atoms with Gasteiger partial charge in [0, 0.05) is 20.2 Å². The van der Waals surface area contributed by atoms with Crippen molar-refractivity contribution >= 4 is 49.4 Å². The van der Waals surface area contributed by atoms with Gasteiger partial charge in [0.25, 0.3) is 5.91 Å². The highest BCUT2D eigenvalue weighted by Gasteiger charge is 2.20. The number of hydrogen-bond donors (Lipinski definition) is 4. The van der Waals surface area contributed by atoms with Crippen LogP contribution in [0.1, 0.15) is 27.5 Å². The van der Waals surface area contributed by atoms with Crippen LogP contribution in [0.3, 0.4) is 0 Å². The minimum absolute atomic E-state index is 0.0165. The van der Waals surface area contributed by atoms with Crippen molar-refractivity contribution < 1.29 is 9.59 Å². The van der Waals surface area contributed by atoms with Crippen molar-refractivity contribution in [2.75, 3.05) is 11.9 Å². The molecule has 0 spiro atoms. The molecular formula is C22H20Br2N4O2. The Morgan fingerprint density at radius 1 is 0.900 bits per heavy atom. The van der Waals surface area contributed by atoms with E-state index in [1.54, 1.807) is 12.1 Å². The highest BCUT2D eigenvalue weighted by molar-refractivity contribution is 9.10. The summed E-state index contributed by atoms with van der Waals surface area (Å²) in [5, 5.41) is 6.21. The number of nitrogens with two attached hydrogens (primary N) is 1. The molecule has 3 rings (SSSR count). The van der Waals surface area contributed by atoms with E-state index in [2.05, 4.69) is 47.9 Å². The first-order valence-electron chi connectivity index (χ1n) is 9.12. The lowest BCUT2D eigenvalue weighted by Gasteiger charge is -2.23. The molecule has 3 aromatic carbocycles. The van der Waals surface area contributed by atoms with Gasteiger partial charge in [-0.25, -0.2) is 5.84 Å². The maximum absolute atomic E-state index is 12.8. The van der Waals surface area contributed by atoms with Gasteiger partial charge in [0.1, 0.15) is 0 Å². The Hall–Kier alpha value is -2.52. The SMILES string of the molecule is NNC(=O)CN[C@@H](c1ccccc1)c1cc(Br)ccc1NC(=O)c1ccc(Br)cc1. The standard InChI is InChI=1S/C22H20Br2N4O2/c23-16-8-6-15(7-9-16)22(30)27-19-11-10-17(24)12-18(19)21(26-13-20(29)28-25)14-4-2-1-3-5-14/h1-12,21,26H,13,25H2,(H,27,30)(H,28,29)/t21-/m0/s1. The van der Waals surface area contributed by atoms with Gasteiger partial charge < -0.3 is 5.32 Å². The van der Waals surface area contributed by atoms with Crippen LogP contribution in [0.15, 0.2) is 81.7 Å². The van der Waals surface area contributed by atoms with Gasteiger partial charge in [-0.2, -0.15) is 0 Å². The molecule has 0 aliphatic heterocycles. The van der Waals surface area contributed by atoms with Gasteiger partial charge in [-0.3, -0.25) is 20.3 Å². The van der Waals surface area contributed by atoms with Crippen LogP contribution in [0.5, 0.6) is 0 Å². The summed E-state index contributed by atoms with van der Waals surface area (Å²) >= 11 is 6.88. The topological polar surface area (TPSA) is 96.2 Å². The normalized spacial score (nSPS) is 11.6. The largest absolute Gasteiger partial charge is 0.322 e. The minimum atomic E-state index is -0.346. The van der Waals surface area contributed by atoms with E-state index in [-0.39, 0.29) is 24.4 Å². The summed E-state index contributed by atoms with van der Waals surface area (Å²) in [6, 6.07) is 22.1. The first kappa shape index (κ1) is 22.2. The number of hydrazine groups is 1. The Morgan fingerprint density at radius 3 is 2.23 bits per heavy atom. The average Bonchev–Trinajstić information content (AvgIpc) is 2.76. The van der Waals surface area contributed by atoms with Crippen LogP contribution in [0.2, 0.25) is 0 Å². The molecule has 2 amide bonds. The second-order valence-corrected chi connectivity index (χ2v) is 8.32. The van der Waals surface area contributed by atoms with Crippen LogP contribution in [0, 0.1) is 0 Å². The summed E-state index contributed by atoms with van der Waals surface area (Å²) in [5.41, 5.74) is 5.06. The third-order valence-electron chi connectivity index (χ3n) is 4.44. The van der Waals surface area contributed by atoms with Crippen molar-refractivity contribution in [3.63, 3.8) is 0 Å². The first-order chi connectivity index (χ1) is 14.5. The molecule has 0 saturated heterocycles. The van der Waals surface area contributed by atoms with Gasteiger partial charge in [0.05, 0.1) is 12.6 Å².